The van der Waals surface area contributed by atoms with Gasteiger partial charge in [0.25, 0.3) is 10.1 Å². The van der Waals surface area contributed by atoms with E-state index in [1.807, 2.05) is 6.61 Å². The smallest absolute Gasteiger partial charge is 0.662 e. The molecule has 1 aromatic rings. The van der Waals surface area contributed by atoms with E-state index in [1.165, 1.54) is 82.6 Å². The van der Waals surface area contributed by atoms with E-state index in [4.69, 9.17) is 19.5 Å². The summed E-state index contributed by atoms with van der Waals surface area (Å²) in [7, 11) is -4.84. The zero-order chi connectivity index (χ0) is 27.2. The van der Waals surface area contributed by atoms with Gasteiger partial charge in [-0.05, 0) is 24.5 Å². The van der Waals surface area contributed by atoms with Crippen molar-refractivity contribution in [1.82, 2.24) is 0 Å². The van der Waals surface area contributed by atoms with Crippen molar-refractivity contribution in [3.05, 3.63) is 36.4 Å². The molecule has 0 fully saturated rings. The zero-order valence-corrected chi connectivity index (χ0v) is 25.7. The Morgan fingerprint density at radius 3 is 1.76 bits per heavy atom. The summed E-state index contributed by atoms with van der Waals surface area (Å²) in [5.41, 5.74) is 1.36. The Bertz CT molecular complexity index is 829. The van der Waals surface area contributed by atoms with Crippen molar-refractivity contribution < 1.29 is 67.1 Å². The van der Waals surface area contributed by atoms with Gasteiger partial charge in [0.2, 0.25) is 0 Å². The van der Waals surface area contributed by atoms with E-state index in [0.29, 0.717) is 0 Å². The Balaban J connectivity index is 0. The molecular formula is C27H45NaO8S. The van der Waals surface area contributed by atoms with Gasteiger partial charge in [0.1, 0.15) is 0 Å². The van der Waals surface area contributed by atoms with Crippen molar-refractivity contribution in [2.75, 3.05) is 0 Å². The van der Waals surface area contributed by atoms with Gasteiger partial charge in [-0.2, -0.15) is 15.0 Å². The third-order valence-corrected chi connectivity index (χ3v) is 6.73. The molecule has 0 radical (unpaired) electrons. The maximum atomic E-state index is 10.2. The number of unbranched alkanes of at least 4 members (excludes halogenated alkanes) is 11. The molecule has 1 atom stereocenters. The second-order valence-corrected chi connectivity index (χ2v) is 10.5. The minimum absolute atomic E-state index is 0. The molecule has 10 heteroatoms. The molecule has 0 bridgehead atoms. The number of hydrogen-bond donors (Lipinski definition) is 3. The molecule has 8 nitrogen and oxygen atoms in total. The molecule has 0 aromatic heterocycles. The van der Waals surface area contributed by atoms with Crippen molar-refractivity contribution >= 4 is 22.1 Å². The number of aryl methyl sites for hydroxylation is 1. The Hall–Kier alpha value is -1.13. The van der Waals surface area contributed by atoms with Gasteiger partial charge in [-0.25, -0.2) is 0 Å². The molecule has 1 aromatic carbocycles. The molecule has 3 N–H and O–H groups in total. The van der Waals surface area contributed by atoms with Crippen LogP contribution in [0.1, 0.15) is 109 Å². The number of benzene rings is 1. The average Bonchev–Trinajstić information content (AvgIpc) is 2.82. The van der Waals surface area contributed by atoms with Crippen LogP contribution in [-0.2, 0) is 26.1 Å². The fourth-order valence-corrected chi connectivity index (χ4v) is 4.24. The van der Waals surface area contributed by atoms with Crippen molar-refractivity contribution in [3.63, 3.8) is 0 Å². The molecule has 0 heterocycles. The topological polar surface area (TPSA) is 138 Å². The van der Waals surface area contributed by atoms with Crippen LogP contribution in [0.5, 0.6) is 5.75 Å². The first-order valence-electron chi connectivity index (χ1n) is 13.1. The van der Waals surface area contributed by atoms with E-state index >= 15 is 0 Å². The number of carboxylic acid groups (broad SMARTS) is 2. The molecular weight excluding hydrogens is 507 g/mol. The Morgan fingerprint density at radius 1 is 0.865 bits per heavy atom. The van der Waals surface area contributed by atoms with Crippen LogP contribution >= 0.6 is 0 Å². The fraction of sp³-hybridized carbons (Fsp3) is 0.667. The summed E-state index contributed by atoms with van der Waals surface area (Å²) in [6, 6.07) is 8.47. The van der Waals surface area contributed by atoms with Crippen LogP contribution in [0.2, 0.25) is 0 Å². The van der Waals surface area contributed by atoms with Gasteiger partial charge in [-0.15, -0.1) is 6.42 Å². The SMILES string of the molecule is CC[CH-]Oc1ccccc1CCCCCCCCCCCCCC.O=C(O)CC(C(=O)O)S(=O)(=O)O.[Na+]. The third kappa shape index (κ3) is 21.5. The predicted octanol–water partition coefficient (Wildman–Crippen LogP) is 3.69. The van der Waals surface area contributed by atoms with Crippen LogP contribution < -0.4 is 34.3 Å². The molecule has 1 unspecified atom stereocenters. The van der Waals surface area contributed by atoms with Gasteiger partial charge < -0.3 is 14.9 Å². The second kappa shape index (κ2) is 23.9. The van der Waals surface area contributed by atoms with Crippen molar-refractivity contribution in [2.45, 2.75) is 115 Å². The summed E-state index contributed by atoms with van der Waals surface area (Å²) in [6.07, 6.45) is 17.8. The Labute approximate surface area is 245 Å². The van der Waals surface area contributed by atoms with Crippen LogP contribution in [0, 0.1) is 6.61 Å². The van der Waals surface area contributed by atoms with Crippen LogP contribution in [0.25, 0.3) is 0 Å². The molecule has 37 heavy (non-hydrogen) atoms. The summed E-state index contributed by atoms with van der Waals surface area (Å²) < 4.78 is 34.4. The molecule has 0 aliphatic heterocycles. The zero-order valence-electron chi connectivity index (χ0n) is 22.9. The first-order valence-corrected chi connectivity index (χ1v) is 14.6. The fourth-order valence-electron chi connectivity index (χ4n) is 3.63. The van der Waals surface area contributed by atoms with Crippen LogP contribution in [-0.4, -0.2) is 40.4 Å². The van der Waals surface area contributed by atoms with E-state index in [0.717, 1.165) is 18.6 Å². The van der Waals surface area contributed by atoms with Crippen molar-refractivity contribution in [2.24, 2.45) is 0 Å². The van der Waals surface area contributed by atoms with E-state index in [2.05, 4.69) is 38.1 Å². The van der Waals surface area contributed by atoms with Gasteiger partial charge in [0.05, 0.1) is 12.2 Å². The minimum atomic E-state index is -4.84. The van der Waals surface area contributed by atoms with Gasteiger partial charge in [0.15, 0.2) is 5.25 Å². The monoisotopic (exact) mass is 552 g/mol. The number of rotatable bonds is 20. The van der Waals surface area contributed by atoms with Crippen molar-refractivity contribution in [3.8, 4) is 5.75 Å². The van der Waals surface area contributed by atoms with E-state index in [-0.39, 0.29) is 29.6 Å². The standard InChI is InChI=1S/C23H39O.C4H6O7S.Na/c1-3-5-6-7-8-9-10-11-12-13-14-15-18-22-19-16-17-20-23(22)24-21-4-2;5-3(6)1-2(4(7)8)12(9,10)11;/h16-17,19-21H,3-15,18H2,1-2H3;2H,1H2,(H,5,6)(H,7,8)(H,9,10,11);/q-1;;+1. The van der Waals surface area contributed by atoms with Crippen LogP contribution in [0.4, 0.5) is 0 Å². The number of carbonyl (C=O) groups is 2. The van der Waals surface area contributed by atoms with Crippen LogP contribution in [0.3, 0.4) is 0 Å². The number of para-hydroxylation sites is 1. The molecule has 0 saturated heterocycles. The minimum Gasteiger partial charge on any atom is -0.662 e. The van der Waals surface area contributed by atoms with Gasteiger partial charge in [-0.1, -0.05) is 103 Å². The summed E-state index contributed by atoms with van der Waals surface area (Å²) in [5.74, 6) is -2.46. The Kier molecular flexibility index (Phi) is 24.6. The molecule has 0 aliphatic rings. The first kappa shape index (κ1) is 38.0. The second-order valence-electron chi connectivity index (χ2n) is 8.88. The quantitative estimate of drug-likeness (QED) is 0.0964. The van der Waals surface area contributed by atoms with E-state index in [9.17, 15) is 18.0 Å². The molecule has 0 aliphatic carbocycles. The van der Waals surface area contributed by atoms with E-state index < -0.39 is 33.7 Å². The van der Waals surface area contributed by atoms with Gasteiger partial charge in [-0.3, -0.25) is 14.1 Å². The Morgan fingerprint density at radius 2 is 1.35 bits per heavy atom. The largest absolute Gasteiger partial charge is 1.00 e. The van der Waals surface area contributed by atoms with Crippen molar-refractivity contribution in [1.29, 1.82) is 0 Å². The summed E-state index contributed by atoms with van der Waals surface area (Å²) in [5, 5.41) is 13.9. The number of hydrogen-bond acceptors (Lipinski definition) is 5. The molecule has 0 amide bonds. The number of ether oxygens (including phenoxy) is 1. The van der Waals surface area contributed by atoms with Gasteiger partial charge >= 0.3 is 41.5 Å². The predicted molar refractivity (Wildman–Crippen MR) is 142 cm³/mol. The van der Waals surface area contributed by atoms with Gasteiger partial charge in [0, 0.05) is 0 Å². The normalized spacial score (nSPS) is 11.5. The summed E-state index contributed by atoms with van der Waals surface area (Å²) in [6.45, 7) is 6.28. The number of carboxylic acids is 2. The first-order chi connectivity index (χ1) is 17.1. The molecule has 1 rings (SSSR count). The summed E-state index contributed by atoms with van der Waals surface area (Å²) in [4.78, 5) is 20.0. The maximum absolute atomic E-state index is 10.2. The third-order valence-electron chi connectivity index (χ3n) is 5.64. The maximum Gasteiger partial charge on any atom is 1.00 e. The number of aliphatic carboxylic acids is 2. The average molecular weight is 553 g/mol. The summed E-state index contributed by atoms with van der Waals surface area (Å²) >= 11 is 0. The molecule has 0 spiro atoms. The van der Waals surface area contributed by atoms with Crippen LogP contribution in [0.15, 0.2) is 24.3 Å². The molecule has 0 saturated carbocycles. The van der Waals surface area contributed by atoms with E-state index in [1.54, 1.807) is 0 Å². The molecule has 208 valence electrons.